The summed E-state index contributed by atoms with van der Waals surface area (Å²) in [6.45, 7) is 13.4. The maximum absolute atomic E-state index is 5.44. The third-order valence-corrected chi connectivity index (χ3v) is 2.60. The minimum Gasteiger partial charge on any atom is -0.378 e. The Balaban J connectivity index is 3.01. The van der Waals surface area contributed by atoms with Crippen molar-refractivity contribution in [2.75, 3.05) is 79.0 Å². The molecule has 0 radical (unpaired) electrons. The minimum atomic E-state index is -0.185. The van der Waals surface area contributed by atoms with E-state index in [4.69, 9.17) is 29.5 Å². The van der Waals surface area contributed by atoms with E-state index in [1.165, 1.54) is 0 Å². The van der Waals surface area contributed by atoms with Gasteiger partial charge in [0, 0.05) is 26.2 Å². The van der Waals surface area contributed by atoms with E-state index in [0.717, 1.165) is 13.1 Å². The molecule has 0 spiro atoms. The fourth-order valence-corrected chi connectivity index (χ4v) is 1.53. The van der Waals surface area contributed by atoms with E-state index in [1.807, 2.05) is 20.8 Å². The van der Waals surface area contributed by atoms with Gasteiger partial charge in [0.2, 0.25) is 0 Å². The van der Waals surface area contributed by atoms with Crippen molar-refractivity contribution in [2.24, 2.45) is 5.73 Å². The SMILES string of the molecule is CC(C)(C)ONCCOCCOCCNNCCOCCOCCN. The summed E-state index contributed by atoms with van der Waals surface area (Å²) in [4.78, 5) is 5.36. The number of ether oxygens (including phenoxy) is 4. The number of hydroxylamine groups is 1. The lowest BCUT2D eigenvalue weighted by Crippen LogP contribution is -2.37. The Morgan fingerprint density at radius 3 is 1.52 bits per heavy atom. The molecule has 0 rings (SSSR count). The molecule has 0 aliphatic carbocycles. The quantitative estimate of drug-likeness (QED) is 0.176. The average Bonchev–Trinajstić information content (AvgIpc) is 2.56. The highest BCUT2D eigenvalue weighted by atomic mass is 16.7. The highest BCUT2D eigenvalue weighted by Gasteiger charge is 2.09. The molecule has 0 aliphatic heterocycles. The van der Waals surface area contributed by atoms with Gasteiger partial charge < -0.3 is 24.7 Å². The molecule has 0 bridgehead atoms. The van der Waals surface area contributed by atoms with E-state index in [-0.39, 0.29) is 5.60 Å². The van der Waals surface area contributed by atoms with Gasteiger partial charge in [0.25, 0.3) is 0 Å². The summed E-state index contributed by atoms with van der Waals surface area (Å²) >= 11 is 0. The number of rotatable bonds is 19. The Labute approximate surface area is 152 Å². The third-order valence-electron chi connectivity index (χ3n) is 2.60. The standard InChI is InChI=1S/C16H38N4O5/c1-16(2,3)25-20-7-11-24-15-14-23-10-6-19-18-5-9-22-13-12-21-8-4-17/h18-20H,4-15,17H2,1-3H3. The van der Waals surface area contributed by atoms with Gasteiger partial charge in [0.15, 0.2) is 0 Å². The molecule has 0 saturated carbocycles. The first-order valence-electron chi connectivity index (χ1n) is 8.94. The summed E-state index contributed by atoms with van der Waals surface area (Å²) in [5.74, 6) is 0. The Morgan fingerprint density at radius 1 is 0.640 bits per heavy atom. The maximum Gasteiger partial charge on any atom is 0.0812 e. The van der Waals surface area contributed by atoms with Crippen molar-refractivity contribution < 1.29 is 23.8 Å². The van der Waals surface area contributed by atoms with Crippen LogP contribution >= 0.6 is 0 Å². The van der Waals surface area contributed by atoms with Crippen LogP contribution in [0.5, 0.6) is 0 Å². The van der Waals surface area contributed by atoms with Crippen LogP contribution in [0.25, 0.3) is 0 Å². The normalized spacial score (nSPS) is 12.0. The molecule has 9 nitrogen and oxygen atoms in total. The van der Waals surface area contributed by atoms with Crippen LogP contribution in [0.4, 0.5) is 0 Å². The third kappa shape index (κ3) is 23.6. The monoisotopic (exact) mass is 366 g/mol. The molecule has 0 aliphatic rings. The number of hydrogen-bond donors (Lipinski definition) is 4. The summed E-state index contributed by atoms with van der Waals surface area (Å²) < 4.78 is 21.4. The van der Waals surface area contributed by atoms with Gasteiger partial charge in [-0.1, -0.05) is 0 Å². The van der Waals surface area contributed by atoms with Crippen LogP contribution in [0.2, 0.25) is 0 Å². The van der Waals surface area contributed by atoms with Crippen LogP contribution in [-0.4, -0.2) is 84.6 Å². The van der Waals surface area contributed by atoms with Crippen LogP contribution in [0.1, 0.15) is 20.8 Å². The molecule has 0 saturated heterocycles. The number of hydrogen-bond acceptors (Lipinski definition) is 9. The maximum atomic E-state index is 5.44. The fraction of sp³-hybridized carbons (Fsp3) is 1.00. The molecule has 152 valence electrons. The molecule has 0 unspecified atom stereocenters. The van der Waals surface area contributed by atoms with Crippen molar-refractivity contribution in [3.63, 3.8) is 0 Å². The van der Waals surface area contributed by atoms with Crippen LogP contribution in [0, 0.1) is 0 Å². The van der Waals surface area contributed by atoms with E-state index in [1.54, 1.807) is 0 Å². The summed E-state index contributed by atoms with van der Waals surface area (Å²) in [6, 6.07) is 0. The largest absolute Gasteiger partial charge is 0.378 e. The molecule has 0 heterocycles. The molecule has 0 atom stereocenters. The Morgan fingerprint density at radius 2 is 1.08 bits per heavy atom. The predicted molar refractivity (Wildman–Crippen MR) is 97.2 cm³/mol. The molecule has 0 aromatic heterocycles. The lowest BCUT2D eigenvalue weighted by molar-refractivity contribution is -0.0800. The number of nitrogens with two attached hydrogens (primary N) is 1. The van der Waals surface area contributed by atoms with E-state index in [2.05, 4.69) is 16.3 Å². The average molecular weight is 367 g/mol. The second-order valence-electron chi connectivity index (χ2n) is 6.20. The van der Waals surface area contributed by atoms with Gasteiger partial charge in [-0.15, -0.1) is 0 Å². The highest BCUT2D eigenvalue weighted by Crippen LogP contribution is 2.02. The van der Waals surface area contributed by atoms with Crippen molar-refractivity contribution in [3.05, 3.63) is 0 Å². The van der Waals surface area contributed by atoms with E-state index in [9.17, 15) is 0 Å². The van der Waals surface area contributed by atoms with Crippen LogP contribution in [0.15, 0.2) is 0 Å². The van der Waals surface area contributed by atoms with Crippen LogP contribution in [-0.2, 0) is 23.8 Å². The first-order chi connectivity index (χ1) is 12.1. The molecule has 5 N–H and O–H groups in total. The molecular weight excluding hydrogens is 328 g/mol. The number of nitrogens with one attached hydrogen (secondary N) is 3. The lowest BCUT2D eigenvalue weighted by Gasteiger charge is -2.19. The minimum absolute atomic E-state index is 0.185. The molecule has 9 heteroatoms. The Hall–Kier alpha value is -0.360. The Kier molecular flexibility index (Phi) is 18.2. The van der Waals surface area contributed by atoms with Crippen molar-refractivity contribution >= 4 is 0 Å². The zero-order valence-corrected chi connectivity index (χ0v) is 16.1. The topological polar surface area (TPSA) is 108 Å². The molecule has 0 amide bonds. The van der Waals surface area contributed by atoms with Gasteiger partial charge in [-0.25, -0.2) is 0 Å². The molecule has 0 fully saturated rings. The van der Waals surface area contributed by atoms with Crippen LogP contribution < -0.4 is 22.1 Å². The summed E-state index contributed by atoms with van der Waals surface area (Å²) in [6.07, 6.45) is 0. The van der Waals surface area contributed by atoms with Crippen molar-refractivity contribution in [3.8, 4) is 0 Å². The molecule has 0 aromatic carbocycles. The number of hydrazine groups is 1. The summed E-state index contributed by atoms with van der Waals surface area (Å²) in [5, 5.41) is 0. The van der Waals surface area contributed by atoms with Gasteiger partial charge in [-0.2, -0.15) is 5.48 Å². The fourth-order valence-electron chi connectivity index (χ4n) is 1.53. The first-order valence-corrected chi connectivity index (χ1v) is 8.94. The summed E-state index contributed by atoms with van der Waals surface area (Å²) in [7, 11) is 0. The van der Waals surface area contributed by atoms with Gasteiger partial charge in [0.1, 0.15) is 0 Å². The molecular formula is C16H38N4O5. The first kappa shape index (κ1) is 24.6. The highest BCUT2D eigenvalue weighted by molar-refractivity contribution is 4.56. The Bertz CT molecular complexity index is 267. The van der Waals surface area contributed by atoms with Gasteiger partial charge >= 0.3 is 0 Å². The lowest BCUT2D eigenvalue weighted by atomic mass is 10.2. The van der Waals surface area contributed by atoms with Crippen molar-refractivity contribution in [2.45, 2.75) is 26.4 Å². The van der Waals surface area contributed by atoms with E-state index in [0.29, 0.717) is 65.9 Å². The van der Waals surface area contributed by atoms with Gasteiger partial charge in [0.05, 0.1) is 58.5 Å². The smallest absolute Gasteiger partial charge is 0.0812 e. The molecule has 0 aromatic rings. The zero-order valence-electron chi connectivity index (χ0n) is 16.1. The molecule has 25 heavy (non-hydrogen) atoms. The van der Waals surface area contributed by atoms with E-state index < -0.39 is 0 Å². The second kappa shape index (κ2) is 18.4. The second-order valence-corrected chi connectivity index (χ2v) is 6.20. The van der Waals surface area contributed by atoms with Gasteiger partial charge in [-0.3, -0.25) is 15.7 Å². The van der Waals surface area contributed by atoms with Crippen molar-refractivity contribution in [1.82, 2.24) is 16.3 Å². The van der Waals surface area contributed by atoms with Crippen LogP contribution in [0.3, 0.4) is 0 Å². The zero-order chi connectivity index (χ0) is 18.6. The summed E-state index contributed by atoms with van der Waals surface area (Å²) in [5.41, 5.74) is 14.1. The van der Waals surface area contributed by atoms with E-state index >= 15 is 0 Å². The predicted octanol–water partition coefficient (Wildman–Crippen LogP) is -0.575. The van der Waals surface area contributed by atoms with Gasteiger partial charge in [-0.05, 0) is 20.8 Å². The van der Waals surface area contributed by atoms with Crippen molar-refractivity contribution in [1.29, 1.82) is 0 Å².